The van der Waals surface area contributed by atoms with E-state index < -0.39 is 17.5 Å². The van der Waals surface area contributed by atoms with Crippen LogP contribution >= 0.6 is 11.6 Å². The number of hydrogen-bond acceptors (Lipinski definition) is 1. The molecule has 0 aliphatic rings. The minimum absolute atomic E-state index is 0.286. The zero-order chi connectivity index (χ0) is 12.3. The average Bonchev–Trinajstić information content (AvgIpc) is 2.27. The summed E-state index contributed by atoms with van der Waals surface area (Å²) in [6, 6.07) is 2.37. The summed E-state index contributed by atoms with van der Waals surface area (Å²) in [5.41, 5.74) is -0.286. The fourth-order valence-corrected chi connectivity index (χ4v) is 1.52. The van der Waals surface area contributed by atoms with Crippen molar-refractivity contribution in [2.24, 2.45) is 0 Å². The molecule has 0 spiro atoms. The molecular weight excluding hydrogens is 236 g/mol. The number of nitrogens with zero attached hydrogens (tertiary/aromatic N) is 1. The topological polar surface area (TPSA) is 20.3 Å². The molecule has 0 fully saturated rings. The molecule has 0 saturated carbocycles. The van der Waals surface area contributed by atoms with Crippen molar-refractivity contribution in [3.05, 3.63) is 34.4 Å². The van der Waals surface area contributed by atoms with Crippen molar-refractivity contribution in [2.45, 2.75) is 13.8 Å². The number of carbonyl (C=O) groups excluding carboxylic acids is 1. The third kappa shape index (κ3) is 2.32. The van der Waals surface area contributed by atoms with Gasteiger partial charge in [-0.1, -0.05) is 11.6 Å². The van der Waals surface area contributed by atoms with Crippen molar-refractivity contribution < 1.29 is 13.6 Å². The highest BCUT2D eigenvalue weighted by atomic mass is 35.5. The number of amides is 1. The van der Waals surface area contributed by atoms with Crippen LogP contribution in [-0.2, 0) is 0 Å². The molecule has 88 valence electrons. The largest absolute Gasteiger partial charge is 0.339 e. The van der Waals surface area contributed by atoms with Gasteiger partial charge in [0.1, 0.15) is 0 Å². The van der Waals surface area contributed by atoms with Crippen LogP contribution in [-0.4, -0.2) is 23.9 Å². The Balaban J connectivity index is 3.14. The Kier molecular flexibility index (Phi) is 4.24. The summed E-state index contributed by atoms with van der Waals surface area (Å²) in [5.74, 6) is -2.90. The monoisotopic (exact) mass is 247 g/mol. The van der Waals surface area contributed by atoms with E-state index in [9.17, 15) is 13.6 Å². The van der Waals surface area contributed by atoms with Gasteiger partial charge in [-0.2, -0.15) is 0 Å². The molecule has 0 bridgehead atoms. The number of rotatable bonds is 3. The van der Waals surface area contributed by atoms with Crippen LogP contribution in [0.1, 0.15) is 24.2 Å². The molecule has 2 nitrogen and oxygen atoms in total. The van der Waals surface area contributed by atoms with Crippen LogP contribution in [0.25, 0.3) is 0 Å². The molecule has 0 saturated heterocycles. The highest BCUT2D eigenvalue weighted by Gasteiger charge is 2.20. The van der Waals surface area contributed by atoms with Gasteiger partial charge < -0.3 is 4.90 Å². The van der Waals surface area contributed by atoms with Crippen molar-refractivity contribution in [3.63, 3.8) is 0 Å². The quantitative estimate of drug-likeness (QED) is 0.752. The first kappa shape index (κ1) is 12.9. The molecule has 1 amide bonds. The van der Waals surface area contributed by atoms with Gasteiger partial charge in [-0.05, 0) is 26.0 Å². The maximum Gasteiger partial charge on any atom is 0.256 e. The second-order valence-electron chi connectivity index (χ2n) is 3.20. The van der Waals surface area contributed by atoms with E-state index in [0.717, 1.165) is 0 Å². The molecule has 16 heavy (non-hydrogen) atoms. The molecule has 0 aliphatic carbocycles. The highest BCUT2D eigenvalue weighted by Crippen LogP contribution is 2.21. The molecule has 5 heteroatoms. The molecule has 0 unspecified atom stereocenters. The third-order valence-corrected chi connectivity index (χ3v) is 2.61. The molecule has 0 aromatic heterocycles. The summed E-state index contributed by atoms with van der Waals surface area (Å²) >= 11 is 5.40. The highest BCUT2D eigenvalue weighted by molar-refractivity contribution is 6.30. The number of carbonyl (C=O) groups is 1. The zero-order valence-corrected chi connectivity index (χ0v) is 9.81. The Labute approximate surface area is 97.8 Å². The number of benzene rings is 1. The predicted octanol–water partition coefficient (Wildman–Crippen LogP) is 3.10. The van der Waals surface area contributed by atoms with Gasteiger partial charge in [0.2, 0.25) is 0 Å². The van der Waals surface area contributed by atoms with Crippen LogP contribution in [0.2, 0.25) is 5.02 Å². The summed E-state index contributed by atoms with van der Waals surface area (Å²) in [4.78, 5) is 13.2. The Bertz CT molecular complexity index is 405. The SMILES string of the molecule is CCN(CC)C(=O)c1ccc(Cl)c(F)c1F. The van der Waals surface area contributed by atoms with Crippen molar-refractivity contribution in [2.75, 3.05) is 13.1 Å². The maximum absolute atomic E-state index is 13.4. The summed E-state index contributed by atoms with van der Waals surface area (Å²) in [7, 11) is 0. The van der Waals surface area contributed by atoms with Gasteiger partial charge in [-0.15, -0.1) is 0 Å². The van der Waals surface area contributed by atoms with E-state index in [2.05, 4.69) is 0 Å². The normalized spacial score (nSPS) is 10.3. The molecule has 1 aromatic carbocycles. The van der Waals surface area contributed by atoms with Gasteiger partial charge in [0.25, 0.3) is 5.91 Å². The molecule has 0 aliphatic heterocycles. The van der Waals surface area contributed by atoms with Crippen LogP contribution in [0.4, 0.5) is 8.78 Å². The standard InChI is InChI=1S/C11H12ClF2NO/c1-3-15(4-2)11(16)7-5-6-8(12)10(14)9(7)13/h5-6H,3-4H2,1-2H3. The molecule has 0 radical (unpaired) electrons. The second-order valence-corrected chi connectivity index (χ2v) is 3.61. The van der Waals surface area contributed by atoms with Crippen LogP contribution in [0, 0.1) is 11.6 Å². The van der Waals surface area contributed by atoms with E-state index >= 15 is 0 Å². The molecule has 0 heterocycles. The molecular formula is C11H12ClF2NO. The van der Waals surface area contributed by atoms with E-state index in [0.29, 0.717) is 13.1 Å². The van der Waals surface area contributed by atoms with Crippen molar-refractivity contribution >= 4 is 17.5 Å². The van der Waals surface area contributed by atoms with Crippen LogP contribution in [0.15, 0.2) is 12.1 Å². The smallest absolute Gasteiger partial charge is 0.256 e. The first-order valence-electron chi connectivity index (χ1n) is 4.95. The van der Waals surface area contributed by atoms with Gasteiger partial charge in [0.15, 0.2) is 11.6 Å². The minimum atomic E-state index is -1.19. The van der Waals surface area contributed by atoms with Crippen molar-refractivity contribution in [1.82, 2.24) is 4.90 Å². The summed E-state index contributed by atoms with van der Waals surface area (Å²) < 4.78 is 26.6. The lowest BCUT2D eigenvalue weighted by Crippen LogP contribution is -2.31. The van der Waals surface area contributed by atoms with Gasteiger partial charge >= 0.3 is 0 Å². The fraction of sp³-hybridized carbons (Fsp3) is 0.364. The Morgan fingerprint density at radius 2 is 1.81 bits per heavy atom. The van der Waals surface area contributed by atoms with Crippen molar-refractivity contribution in [3.8, 4) is 0 Å². The van der Waals surface area contributed by atoms with E-state index in [4.69, 9.17) is 11.6 Å². The van der Waals surface area contributed by atoms with Crippen LogP contribution in [0.5, 0.6) is 0 Å². The molecule has 1 aromatic rings. The molecule has 1 rings (SSSR count). The number of halogens is 3. The Morgan fingerprint density at radius 1 is 1.25 bits per heavy atom. The fourth-order valence-electron chi connectivity index (χ4n) is 1.37. The van der Waals surface area contributed by atoms with Crippen molar-refractivity contribution in [1.29, 1.82) is 0 Å². The predicted molar refractivity (Wildman–Crippen MR) is 58.6 cm³/mol. The van der Waals surface area contributed by atoms with E-state index in [-0.39, 0.29) is 10.6 Å². The lowest BCUT2D eigenvalue weighted by molar-refractivity contribution is 0.0767. The minimum Gasteiger partial charge on any atom is -0.339 e. The molecule has 0 atom stereocenters. The first-order valence-corrected chi connectivity index (χ1v) is 5.33. The van der Waals surface area contributed by atoms with E-state index in [1.807, 2.05) is 0 Å². The third-order valence-electron chi connectivity index (χ3n) is 2.32. The van der Waals surface area contributed by atoms with Crippen LogP contribution < -0.4 is 0 Å². The van der Waals surface area contributed by atoms with Gasteiger partial charge in [0.05, 0.1) is 10.6 Å². The lowest BCUT2D eigenvalue weighted by Gasteiger charge is -2.19. The van der Waals surface area contributed by atoms with E-state index in [1.165, 1.54) is 17.0 Å². The van der Waals surface area contributed by atoms with Gasteiger partial charge in [-0.3, -0.25) is 4.79 Å². The first-order chi connectivity index (χ1) is 7.52. The average molecular weight is 248 g/mol. The van der Waals surface area contributed by atoms with E-state index in [1.54, 1.807) is 13.8 Å². The Morgan fingerprint density at radius 3 is 2.31 bits per heavy atom. The second kappa shape index (κ2) is 5.25. The summed E-state index contributed by atoms with van der Waals surface area (Å²) in [6.45, 7) is 4.43. The maximum atomic E-state index is 13.4. The number of hydrogen-bond donors (Lipinski definition) is 0. The Hall–Kier alpha value is -1.16. The zero-order valence-electron chi connectivity index (χ0n) is 9.06. The van der Waals surface area contributed by atoms with Gasteiger partial charge in [-0.25, -0.2) is 8.78 Å². The summed E-state index contributed by atoms with van der Waals surface area (Å²) in [5, 5.41) is -0.325. The summed E-state index contributed by atoms with van der Waals surface area (Å²) in [6.07, 6.45) is 0. The molecule has 0 N–H and O–H groups in total. The lowest BCUT2D eigenvalue weighted by atomic mass is 10.1. The van der Waals surface area contributed by atoms with Gasteiger partial charge in [0, 0.05) is 13.1 Å². The van der Waals surface area contributed by atoms with Crippen LogP contribution in [0.3, 0.4) is 0 Å².